The Balaban J connectivity index is 2.17. The molecule has 0 aliphatic carbocycles. The SMILES string of the molecule is Cc1nc(N)nc(-c2cccc(C(F)(F)F)c2)c1C#Cc1nccn1C. The Hall–Kier alpha value is -3.34. The van der Waals surface area contributed by atoms with Crippen LogP contribution in [-0.4, -0.2) is 19.5 Å². The lowest BCUT2D eigenvalue weighted by Gasteiger charge is -2.11. The molecule has 0 aliphatic heterocycles. The fraction of sp³-hybridized carbons (Fsp3) is 0.167. The first-order valence-electron chi connectivity index (χ1n) is 7.57. The molecule has 0 saturated carbocycles. The second-order valence-electron chi connectivity index (χ2n) is 5.58. The largest absolute Gasteiger partial charge is 0.416 e. The van der Waals surface area contributed by atoms with Gasteiger partial charge in [-0.25, -0.2) is 15.0 Å². The van der Waals surface area contributed by atoms with Gasteiger partial charge in [-0.15, -0.1) is 0 Å². The Morgan fingerprint density at radius 2 is 1.92 bits per heavy atom. The van der Waals surface area contributed by atoms with Crippen LogP contribution in [0, 0.1) is 18.8 Å². The molecule has 2 aromatic heterocycles. The molecule has 0 radical (unpaired) electrons. The topological polar surface area (TPSA) is 69.6 Å². The van der Waals surface area contributed by atoms with Gasteiger partial charge in [-0.2, -0.15) is 13.2 Å². The molecule has 132 valence electrons. The lowest BCUT2D eigenvalue weighted by atomic mass is 10.0. The highest BCUT2D eigenvalue weighted by Gasteiger charge is 2.30. The minimum Gasteiger partial charge on any atom is -0.368 e. The highest BCUT2D eigenvalue weighted by Crippen LogP contribution is 2.33. The van der Waals surface area contributed by atoms with Gasteiger partial charge in [0.15, 0.2) is 5.82 Å². The van der Waals surface area contributed by atoms with Gasteiger partial charge in [0, 0.05) is 25.0 Å². The van der Waals surface area contributed by atoms with E-state index in [0.717, 1.165) is 12.1 Å². The Bertz CT molecular complexity index is 1030. The van der Waals surface area contributed by atoms with Crippen LogP contribution in [-0.2, 0) is 13.2 Å². The maximum absolute atomic E-state index is 13.0. The number of nitrogen functional groups attached to an aromatic ring is 1. The number of alkyl halides is 3. The predicted molar refractivity (Wildman–Crippen MR) is 90.8 cm³/mol. The van der Waals surface area contributed by atoms with Crippen LogP contribution >= 0.6 is 0 Å². The standard InChI is InChI=1S/C18H14F3N5/c1-11-14(6-7-15-23-8-9-26(15)2)16(25-17(22)24-11)12-4-3-5-13(10-12)18(19,20)21/h3-5,8-10H,1-2H3,(H2,22,24,25). The molecule has 3 aromatic rings. The van der Waals surface area contributed by atoms with Gasteiger partial charge in [-0.05, 0) is 25.0 Å². The van der Waals surface area contributed by atoms with E-state index in [1.165, 1.54) is 12.1 Å². The van der Waals surface area contributed by atoms with Gasteiger partial charge in [0.1, 0.15) is 0 Å². The normalized spacial score (nSPS) is 11.1. The lowest BCUT2D eigenvalue weighted by molar-refractivity contribution is -0.137. The van der Waals surface area contributed by atoms with Crippen molar-refractivity contribution in [3.8, 4) is 23.1 Å². The summed E-state index contributed by atoms with van der Waals surface area (Å²) in [6.07, 6.45) is -1.11. The van der Waals surface area contributed by atoms with Crippen LogP contribution in [0.5, 0.6) is 0 Å². The van der Waals surface area contributed by atoms with Crippen molar-refractivity contribution in [2.24, 2.45) is 7.05 Å². The van der Waals surface area contributed by atoms with Crippen LogP contribution < -0.4 is 5.73 Å². The van der Waals surface area contributed by atoms with Crippen molar-refractivity contribution in [3.63, 3.8) is 0 Å². The molecule has 0 unspecified atom stereocenters. The number of nitrogens with zero attached hydrogens (tertiary/aromatic N) is 4. The van der Waals surface area contributed by atoms with Gasteiger partial charge >= 0.3 is 6.18 Å². The zero-order valence-corrected chi connectivity index (χ0v) is 14.0. The van der Waals surface area contributed by atoms with E-state index in [2.05, 4.69) is 26.8 Å². The average Bonchev–Trinajstić information content (AvgIpc) is 2.98. The summed E-state index contributed by atoms with van der Waals surface area (Å²) in [5.41, 5.74) is 6.32. The van der Waals surface area contributed by atoms with Crippen LogP contribution in [0.15, 0.2) is 36.7 Å². The van der Waals surface area contributed by atoms with Crippen molar-refractivity contribution >= 4 is 5.95 Å². The molecule has 0 spiro atoms. The highest BCUT2D eigenvalue weighted by molar-refractivity contribution is 5.70. The van der Waals surface area contributed by atoms with E-state index in [1.807, 2.05) is 0 Å². The molecule has 0 bridgehead atoms. The third-order valence-corrected chi connectivity index (χ3v) is 3.69. The van der Waals surface area contributed by atoms with Crippen molar-refractivity contribution in [2.75, 3.05) is 5.73 Å². The number of imidazole rings is 1. The van der Waals surface area contributed by atoms with Crippen LogP contribution in [0.2, 0.25) is 0 Å². The lowest BCUT2D eigenvalue weighted by Crippen LogP contribution is -2.06. The number of hydrogen-bond acceptors (Lipinski definition) is 4. The van der Waals surface area contributed by atoms with E-state index >= 15 is 0 Å². The smallest absolute Gasteiger partial charge is 0.368 e. The molecule has 8 heteroatoms. The van der Waals surface area contributed by atoms with Crippen molar-refractivity contribution in [1.29, 1.82) is 0 Å². The van der Waals surface area contributed by atoms with Crippen molar-refractivity contribution in [1.82, 2.24) is 19.5 Å². The summed E-state index contributed by atoms with van der Waals surface area (Å²) in [5.74, 6) is 6.28. The molecule has 0 aliphatic rings. The number of anilines is 1. The minimum atomic E-state index is -4.46. The molecule has 3 rings (SSSR count). The fourth-order valence-corrected chi connectivity index (χ4v) is 2.40. The molecular weight excluding hydrogens is 343 g/mol. The summed E-state index contributed by atoms with van der Waals surface area (Å²) >= 11 is 0. The van der Waals surface area contributed by atoms with Crippen LogP contribution in [0.3, 0.4) is 0 Å². The van der Waals surface area contributed by atoms with Gasteiger partial charge in [0.2, 0.25) is 5.95 Å². The van der Waals surface area contributed by atoms with E-state index in [0.29, 0.717) is 17.1 Å². The summed E-state index contributed by atoms with van der Waals surface area (Å²) in [6, 6.07) is 4.87. The Labute approximate surface area is 147 Å². The number of aryl methyl sites for hydroxylation is 2. The second-order valence-corrected chi connectivity index (χ2v) is 5.58. The Morgan fingerprint density at radius 3 is 2.58 bits per heavy atom. The summed E-state index contributed by atoms with van der Waals surface area (Å²) in [4.78, 5) is 12.3. The fourth-order valence-electron chi connectivity index (χ4n) is 2.40. The molecule has 0 amide bonds. The number of rotatable bonds is 1. The minimum absolute atomic E-state index is 0.0301. The molecule has 26 heavy (non-hydrogen) atoms. The maximum atomic E-state index is 13.0. The Kier molecular flexibility index (Phi) is 4.38. The van der Waals surface area contributed by atoms with Crippen molar-refractivity contribution in [3.05, 3.63) is 59.3 Å². The third kappa shape index (κ3) is 3.52. The molecule has 0 atom stereocenters. The molecule has 5 nitrogen and oxygen atoms in total. The molecule has 0 fully saturated rings. The zero-order chi connectivity index (χ0) is 18.9. The number of aromatic nitrogens is 4. The molecule has 2 N–H and O–H groups in total. The maximum Gasteiger partial charge on any atom is 0.416 e. The van der Waals surface area contributed by atoms with Gasteiger partial charge in [-0.3, -0.25) is 0 Å². The number of nitrogens with two attached hydrogens (primary N) is 1. The monoisotopic (exact) mass is 357 g/mol. The van der Waals surface area contributed by atoms with Crippen molar-refractivity contribution < 1.29 is 13.2 Å². The summed E-state index contributed by atoms with van der Waals surface area (Å²) in [7, 11) is 1.79. The van der Waals surface area contributed by atoms with Gasteiger partial charge in [0.05, 0.1) is 22.5 Å². The van der Waals surface area contributed by atoms with E-state index < -0.39 is 11.7 Å². The summed E-state index contributed by atoms with van der Waals surface area (Å²) < 4.78 is 40.8. The van der Waals surface area contributed by atoms with Gasteiger partial charge in [-0.1, -0.05) is 18.1 Å². The number of hydrogen-bond donors (Lipinski definition) is 1. The van der Waals surface area contributed by atoms with Gasteiger partial charge < -0.3 is 10.3 Å². The van der Waals surface area contributed by atoms with E-state index in [4.69, 9.17) is 5.73 Å². The van der Waals surface area contributed by atoms with Gasteiger partial charge in [0.25, 0.3) is 0 Å². The summed E-state index contributed by atoms with van der Waals surface area (Å²) in [6.45, 7) is 1.68. The van der Waals surface area contributed by atoms with Crippen LogP contribution in [0.1, 0.15) is 22.6 Å². The zero-order valence-electron chi connectivity index (χ0n) is 14.0. The third-order valence-electron chi connectivity index (χ3n) is 3.69. The Morgan fingerprint density at radius 1 is 1.15 bits per heavy atom. The number of benzene rings is 1. The van der Waals surface area contributed by atoms with Crippen molar-refractivity contribution in [2.45, 2.75) is 13.1 Å². The molecule has 2 heterocycles. The van der Waals surface area contributed by atoms with E-state index in [9.17, 15) is 13.2 Å². The van der Waals surface area contributed by atoms with Crippen LogP contribution in [0.25, 0.3) is 11.3 Å². The van der Waals surface area contributed by atoms with E-state index in [1.54, 1.807) is 30.9 Å². The summed E-state index contributed by atoms with van der Waals surface area (Å²) in [5, 5.41) is 0. The van der Waals surface area contributed by atoms with E-state index in [-0.39, 0.29) is 17.2 Å². The molecule has 1 aromatic carbocycles. The first-order chi connectivity index (χ1) is 12.3. The predicted octanol–water partition coefficient (Wildman–Crippen LogP) is 3.19. The average molecular weight is 357 g/mol. The second kappa shape index (κ2) is 6.52. The molecular formula is C18H14F3N5. The first-order valence-corrected chi connectivity index (χ1v) is 7.57. The quantitative estimate of drug-likeness (QED) is 0.679. The van der Waals surface area contributed by atoms with Crippen LogP contribution in [0.4, 0.5) is 19.1 Å². The first kappa shape index (κ1) is 17.5. The molecule has 0 saturated heterocycles. The number of halogens is 3. The highest BCUT2D eigenvalue weighted by atomic mass is 19.4.